The zero-order chi connectivity index (χ0) is 15.1. The second-order valence-electron chi connectivity index (χ2n) is 5.59. The maximum atomic E-state index is 5.94. The Kier molecular flexibility index (Phi) is 3.39. The second kappa shape index (κ2) is 5.41. The van der Waals surface area contributed by atoms with Gasteiger partial charge in [0.15, 0.2) is 22.5 Å². The highest BCUT2D eigenvalue weighted by Crippen LogP contribution is 2.33. The number of furan rings is 1. The van der Waals surface area contributed by atoms with E-state index in [2.05, 4.69) is 21.4 Å². The molecule has 4 heterocycles. The van der Waals surface area contributed by atoms with Crippen molar-refractivity contribution < 1.29 is 4.42 Å². The van der Waals surface area contributed by atoms with Crippen LogP contribution in [-0.2, 0) is 0 Å². The lowest BCUT2D eigenvalue weighted by molar-refractivity contribution is 0.342. The summed E-state index contributed by atoms with van der Waals surface area (Å²) < 4.78 is 7.80. The number of aromatic nitrogens is 3. The Balaban J connectivity index is 1.87. The molecule has 6 heteroatoms. The van der Waals surface area contributed by atoms with E-state index >= 15 is 0 Å². The van der Waals surface area contributed by atoms with Crippen LogP contribution in [0.15, 0.2) is 34.9 Å². The summed E-state index contributed by atoms with van der Waals surface area (Å²) in [5.41, 5.74) is 1.80. The molecule has 1 unspecified atom stereocenters. The predicted molar refractivity (Wildman–Crippen MR) is 86.0 cm³/mol. The number of pyridine rings is 1. The van der Waals surface area contributed by atoms with Gasteiger partial charge in [0.1, 0.15) is 5.52 Å². The predicted octanol–water partition coefficient (Wildman–Crippen LogP) is 3.61. The largest absolute Gasteiger partial charge is 0.441 e. The first-order valence-corrected chi connectivity index (χ1v) is 7.95. The van der Waals surface area contributed by atoms with Crippen LogP contribution in [-0.4, -0.2) is 39.1 Å². The van der Waals surface area contributed by atoms with Gasteiger partial charge in [0, 0.05) is 19.3 Å². The minimum atomic E-state index is 0.360. The van der Waals surface area contributed by atoms with Crippen molar-refractivity contribution in [1.82, 2.24) is 19.4 Å². The number of hydrogen-bond acceptors (Lipinski definition) is 4. The van der Waals surface area contributed by atoms with Gasteiger partial charge in [-0.05, 0) is 48.8 Å². The molecule has 1 aliphatic rings. The summed E-state index contributed by atoms with van der Waals surface area (Å²) in [6.07, 6.45) is 2.91. The molecule has 1 aliphatic heterocycles. The number of hydrogen-bond donors (Lipinski definition) is 0. The molecule has 22 heavy (non-hydrogen) atoms. The first-order chi connectivity index (χ1) is 10.8. The number of halogens is 1. The molecule has 0 bridgehead atoms. The van der Waals surface area contributed by atoms with Gasteiger partial charge in [-0.3, -0.25) is 0 Å². The average molecular weight is 317 g/mol. The molecule has 0 aliphatic carbocycles. The van der Waals surface area contributed by atoms with Crippen molar-refractivity contribution in [2.45, 2.75) is 19.4 Å². The molecule has 4 rings (SSSR count). The van der Waals surface area contributed by atoms with Crippen LogP contribution >= 0.6 is 11.6 Å². The van der Waals surface area contributed by atoms with Crippen molar-refractivity contribution in [2.24, 2.45) is 0 Å². The summed E-state index contributed by atoms with van der Waals surface area (Å²) in [5.74, 6) is 1.50. The smallest absolute Gasteiger partial charge is 0.194 e. The molecule has 0 N–H and O–H groups in total. The second-order valence-corrected chi connectivity index (χ2v) is 5.96. The monoisotopic (exact) mass is 316 g/mol. The fraction of sp³-hybridized carbons (Fsp3) is 0.375. The van der Waals surface area contributed by atoms with Gasteiger partial charge < -0.3 is 13.9 Å². The van der Waals surface area contributed by atoms with E-state index in [-0.39, 0.29) is 0 Å². The van der Waals surface area contributed by atoms with Crippen LogP contribution in [0.1, 0.15) is 19.4 Å². The third-order valence-electron chi connectivity index (χ3n) is 4.30. The number of rotatable bonds is 3. The number of likely N-dealkylation sites (tertiary alicyclic amines) is 1. The maximum absolute atomic E-state index is 5.94. The van der Waals surface area contributed by atoms with Gasteiger partial charge in [0.25, 0.3) is 0 Å². The van der Waals surface area contributed by atoms with Gasteiger partial charge >= 0.3 is 0 Å². The summed E-state index contributed by atoms with van der Waals surface area (Å²) in [6.45, 7) is 5.38. The molecule has 1 atom stereocenters. The van der Waals surface area contributed by atoms with Crippen LogP contribution in [0, 0.1) is 0 Å². The molecule has 114 valence electrons. The zero-order valence-corrected chi connectivity index (χ0v) is 13.1. The van der Waals surface area contributed by atoms with E-state index in [1.807, 2.05) is 24.4 Å². The van der Waals surface area contributed by atoms with Crippen molar-refractivity contribution in [2.75, 3.05) is 19.6 Å². The fourth-order valence-corrected chi connectivity index (χ4v) is 3.34. The van der Waals surface area contributed by atoms with E-state index in [9.17, 15) is 0 Å². The summed E-state index contributed by atoms with van der Waals surface area (Å²) >= 11 is 5.94. The Bertz CT molecular complexity index is 809. The molecule has 0 saturated carbocycles. The lowest BCUT2D eigenvalue weighted by Gasteiger charge is -2.16. The van der Waals surface area contributed by atoms with Gasteiger partial charge in [-0.15, -0.1) is 0 Å². The van der Waals surface area contributed by atoms with E-state index in [0.29, 0.717) is 17.0 Å². The molecule has 5 nitrogen and oxygen atoms in total. The standard InChI is InChI=1S/C16H17ClN4O/c1-2-20-9-7-11(10-20)21-15-12(4-3-8-18-15)19-16(21)13-5-6-14(17)22-13/h3-6,8,11H,2,7,9-10H2,1H3. The number of imidazole rings is 1. The third-order valence-corrected chi connectivity index (χ3v) is 4.51. The van der Waals surface area contributed by atoms with Crippen LogP contribution in [0.4, 0.5) is 0 Å². The maximum Gasteiger partial charge on any atom is 0.194 e. The van der Waals surface area contributed by atoms with E-state index in [1.165, 1.54) is 0 Å². The Labute approximate surface area is 133 Å². The summed E-state index contributed by atoms with van der Waals surface area (Å²) in [7, 11) is 0. The van der Waals surface area contributed by atoms with Gasteiger partial charge in [0.05, 0.1) is 6.04 Å². The minimum absolute atomic E-state index is 0.360. The van der Waals surface area contributed by atoms with E-state index < -0.39 is 0 Å². The lowest BCUT2D eigenvalue weighted by atomic mass is 10.2. The summed E-state index contributed by atoms with van der Waals surface area (Å²) in [4.78, 5) is 11.7. The first kappa shape index (κ1) is 13.8. The topological polar surface area (TPSA) is 47.1 Å². The average Bonchev–Trinajstić information content (AvgIpc) is 3.23. The SMILES string of the molecule is CCN1CCC(n2c(-c3ccc(Cl)o3)nc3cccnc32)C1. The molecule has 3 aromatic rings. The molecular formula is C16H17ClN4O. The Morgan fingerprint density at radius 2 is 2.27 bits per heavy atom. The van der Waals surface area contributed by atoms with E-state index in [0.717, 1.165) is 43.0 Å². The van der Waals surface area contributed by atoms with Crippen molar-refractivity contribution in [3.05, 3.63) is 35.7 Å². The zero-order valence-electron chi connectivity index (χ0n) is 12.4. The van der Waals surface area contributed by atoms with E-state index in [4.69, 9.17) is 21.0 Å². The van der Waals surface area contributed by atoms with Crippen LogP contribution in [0.2, 0.25) is 5.22 Å². The molecular weight excluding hydrogens is 300 g/mol. The quantitative estimate of drug-likeness (QED) is 0.740. The van der Waals surface area contributed by atoms with Gasteiger partial charge in [-0.2, -0.15) is 0 Å². The van der Waals surface area contributed by atoms with Crippen LogP contribution in [0.25, 0.3) is 22.7 Å². The van der Waals surface area contributed by atoms with E-state index in [1.54, 1.807) is 6.07 Å². The van der Waals surface area contributed by atoms with Crippen molar-refractivity contribution in [1.29, 1.82) is 0 Å². The molecule has 0 spiro atoms. The number of nitrogens with zero attached hydrogens (tertiary/aromatic N) is 4. The lowest BCUT2D eigenvalue weighted by Crippen LogP contribution is -2.21. The van der Waals surface area contributed by atoms with Gasteiger partial charge in [-0.25, -0.2) is 9.97 Å². The van der Waals surface area contributed by atoms with Crippen LogP contribution in [0.5, 0.6) is 0 Å². The van der Waals surface area contributed by atoms with Gasteiger partial charge in [0.2, 0.25) is 0 Å². The highest BCUT2D eigenvalue weighted by molar-refractivity contribution is 6.28. The minimum Gasteiger partial charge on any atom is -0.441 e. The highest BCUT2D eigenvalue weighted by Gasteiger charge is 2.28. The van der Waals surface area contributed by atoms with Crippen LogP contribution in [0.3, 0.4) is 0 Å². The summed E-state index contributed by atoms with van der Waals surface area (Å²) in [6, 6.07) is 7.87. The van der Waals surface area contributed by atoms with Gasteiger partial charge in [-0.1, -0.05) is 6.92 Å². The molecule has 1 saturated heterocycles. The van der Waals surface area contributed by atoms with Crippen LogP contribution < -0.4 is 0 Å². The Morgan fingerprint density at radius 1 is 1.36 bits per heavy atom. The molecule has 3 aromatic heterocycles. The Hall–Kier alpha value is -1.85. The molecule has 1 fully saturated rings. The van der Waals surface area contributed by atoms with Crippen molar-refractivity contribution in [3.63, 3.8) is 0 Å². The molecule has 0 radical (unpaired) electrons. The Morgan fingerprint density at radius 3 is 3.00 bits per heavy atom. The number of fused-ring (bicyclic) bond motifs is 1. The van der Waals surface area contributed by atoms with Crippen molar-refractivity contribution >= 4 is 22.8 Å². The molecule has 0 aromatic carbocycles. The fourth-order valence-electron chi connectivity index (χ4n) is 3.19. The summed E-state index contributed by atoms with van der Waals surface area (Å²) in [5, 5.41) is 0.378. The third kappa shape index (κ3) is 2.21. The van der Waals surface area contributed by atoms with Crippen molar-refractivity contribution in [3.8, 4) is 11.6 Å². The first-order valence-electron chi connectivity index (χ1n) is 7.57. The molecule has 0 amide bonds. The number of likely N-dealkylation sites (N-methyl/N-ethyl adjacent to an activating group) is 1. The normalized spacial score (nSPS) is 19.3. The highest BCUT2D eigenvalue weighted by atomic mass is 35.5.